The number of hydrogen-bond donors (Lipinski definition) is 1. The summed E-state index contributed by atoms with van der Waals surface area (Å²) >= 11 is 0. The molecule has 102 valence electrons. The van der Waals surface area contributed by atoms with Crippen molar-refractivity contribution in [2.24, 2.45) is 11.7 Å². The van der Waals surface area contributed by atoms with Crippen LogP contribution in [-0.4, -0.2) is 25.0 Å². The number of benzene rings is 1. The third kappa shape index (κ3) is 4.07. The first-order chi connectivity index (χ1) is 8.45. The van der Waals surface area contributed by atoms with E-state index in [4.69, 9.17) is 5.73 Å². The third-order valence-corrected chi connectivity index (χ3v) is 3.41. The predicted octanol–water partition coefficient (Wildman–Crippen LogP) is 3.11. The normalized spacial score (nSPS) is 13.3. The van der Waals surface area contributed by atoms with E-state index in [1.165, 1.54) is 6.07 Å². The quantitative estimate of drug-likeness (QED) is 0.843. The Kier molecular flexibility index (Phi) is 5.76. The topological polar surface area (TPSA) is 29.3 Å². The van der Waals surface area contributed by atoms with Crippen molar-refractivity contribution in [3.63, 3.8) is 0 Å². The maximum atomic E-state index is 13.4. The van der Waals surface area contributed by atoms with Gasteiger partial charge in [-0.1, -0.05) is 19.9 Å². The summed E-state index contributed by atoms with van der Waals surface area (Å²) in [6, 6.07) is 5.03. The standard InChI is InChI=1S/C15H25FN2/c1-11(2)7-8-18(4)15(10-17)14-9-13(16)6-5-12(14)3/h5-6,9,11,15H,7-8,10,17H2,1-4H3. The zero-order chi connectivity index (χ0) is 13.7. The number of aryl methyl sites for hydroxylation is 1. The minimum Gasteiger partial charge on any atom is -0.329 e. The largest absolute Gasteiger partial charge is 0.329 e. The molecular weight excluding hydrogens is 227 g/mol. The molecule has 1 unspecified atom stereocenters. The minimum absolute atomic E-state index is 0.0967. The first-order valence-corrected chi connectivity index (χ1v) is 6.62. The van der Waals surface area contributed by atoms with Crippen molar-refractivity contribution in [3.8, 4) is 0 Å². The highest BCUT2D eigenvalue weighted by Crippen LogP contribution is 2.23. The van der Waals surface area contributed by atoms with Crippen LogP contribution >= 0.6 is 0 Å². The molecule has 1 aromatic carbocycles. The van der Waals surface area contributed by atoms with Gasteiger partial charge in [0, 0.05) is 12.6 Å². The lowest BCUT2D eigenvalue weighted by Crippen LogP contribution is -2.32. The number of rotatable bonds is 6. The molecule has 2 nitrogen and oxygen atoms in total. The fraction of sp³-hybridized carbons (Fsp3) is 0.600. The second kappa shape index (κ2) is 6.86. The lowest BCUT2D eigenvalue weighted by atomic mass is 9.99. The Morgan fingerprint density at radius 1 is 1.33 bits per heavy atom. The summed E-state index contributed by atoms with van der Waals surface area (Å²) in [6.45, 7) is 7.92. The van der Waals surface area contributed by atoms with Crippen LogP contribution in [0.5, 0.6) is 0 Å². The molecule has 1 rings (SSSR count). The first kappa shape index (κ1) is 15.1. The Bertz CT molecular complexity index is 377. The molecule has 18 heavy (non-hydrogen) atoms. The molecular formula is C15H25FN2. The van der Waals surface area contributed by atoms with Crippen molar-refractivity contribution in [2.75, 3.05) is 20.1 Å². The van der Waals surface area contributed by atoms with Gasteiger partial charge in [0.05, 0.1) is 0 Å². The minimum atomic E-state index is -0.189. The van der Waals surface area contributed by atoms with E-state index in [9.17, 15) is 4.39 Å². The summed E-state index contributed by atoms with van der Waals surface area (Å²) in [6.07, 6.45) is 1.13. The molecule has 0 bridgehead atoms. The van der Waals surface area contributed by atoms with Gasteiger partial charge in [0.15, 0.2) is 0 Å². The van der Waals surface area contributed by atoms with E-state index in [2.05, 4.69) is 25.8 Å². The van der Waals surface area contributed by atoms with Gasteiger partial charge in [0.2, 0.25) is 0 Å². The van der Waals surface area contributed by atoms with Gasteiger partial charge in [0.1, 0.15) is 5.82 Å². The molecule has 0 aliphatic rings. The Hall–Kier alpha value is -0.930. The fourth-order valence-electron chi connectivity index (χ4n) is 2.13. The van der Waals surface area contributed by atoms with E-state index in [1.807, 2.05) is 13.0 Å². The average Bonchev–Trinajstić information content (AvgIpc) is 2.32. The van der Waals surface area contributed by atoms with Crippen LogP contribution in [0.3, 0.4) is 0 Å². The fourth-order valence-corrected chi connectivity index (χ4v) is 2.13. The van der Waals surface area contributed by atoms with E-state index in [0.717, 1.165) is 24.1 Å². The van der Waals surface area contributed by atoms with Crippen LogP contribution in [0.15, 0.2) is 18.2 Å². The third-order valence-electron chi connectivity index (χ3n) is 3.41. The molecule has 0 amide bonds. The van der Waals surface area contributed by atoms with E-state index < -0.39 is 0 Å². The van der Waals surface area contributed by atoms with Gasteiger partial charge in [-0.2, -0.15) is 0 Å². The predicted molar refractivity (Wildman–Crippen MR) is 75.0 cm³/mol. The van der Waals surface area contributed by atoms with Crippen molar-refractivity contribution in [1.82, 2.24) is 4.90 Å². The summed E-state index contributed by atoms with van der Waals surface area (Å²) in [7, 11) is 2.06. The van der Waals surface area contributed by atoms with E-state index in [0.29, 0.717) is 12.5 Å². The molecule has 0 aromatic heterocycles. The monoisotopic (exact) mass is 252 g/mol. The highest BCUT2D eigenvalue weighted by Gasteiger charge is 2.18. The Morgan fingerprint density at radius 2 is 2.00 bits per heavy atom. The van der Waals surface area contributed by atoms with Crippen LogP contribution in [0, 0.1) is 18.7 Å². The molecule has 2 N–H and O–H groups in total. The zero-order valence-electron chi connectivity index (χ0n) is 11.9. The summed E-state index contributed by atoms with van der Waals surface area (Å²) < 4.78 is 13.4. The van der Waals surface area contributed by atoms with Gasteiger partial charge in [-0.05, 0) is 56.1 Å². The van der Waals surface area contributed by atoms with Crippen LogP contribution in [-0.2, 0) is 0 Å². The van der Waals surface area contributed by atoms with Crippen LogP contribution in [0.25, 0.3) is 0 Å². The molecule has 1 aromatic rings. The smallest absolute Gasteiger partial charge is 0.123 e. The van der Waals surface area contributed by atoms with Crippen molar-refractivity contribution in [2.45, 2.75) is 33.2 Å². The number of nitrogens with zero attached hydrogens (tertiary/aromatic N) is 1. The van der Waals surface area contributed by atoms with Crippen molar-refractivity contribution < 1.29 is 4.39 Å². The maximum Gasteiger partial charge on any atom is 0.123 e. The SMILES string of the molecule is Cc1ccc(F)cc1C(CN)N(C)CCC(C)C. The van der Waals surface area contributed by atoms with Crippen LogP contribution < -0.4 is 5.73 Å². The number of likely N-dealkylation sites (N-methyl/N-ethyl adjacent to an activating group) is 1. The van der Waals surface area contributed by atoms with Gasteiger partial charge in [0.25, 0.3) is 0 Å². The molecule has 0 aliphatic heterocycles. The van der Waals surface area contributed by atoms with Crippen LogP contribution in [0.1, 0.15) is 37.4 Å². The van der Waals surface area contributed by atoms with E-state index >= 15 is 0 Å². The van der Waals surface area contributed by atoms with Crippen molar-refractivity contribution in [1.29, 1.82) is 0 Å². The number of hydrogen-bond acceptors (Lipinski definition) is 2. The Labute approximate surface area is 110 Å². The summed E-state index contributed by atoms with van der Waals surface area (Å²) in [5.41, 5.74) is 7.97. The molecule has 0 saturated heterocycles. The molecule has 3 heteroatoms. The number of nitrogens with two attached hydrogens (primary N) is 1. The summed E-state index contributed by atoms with van der Waals surface area (Å²) in [5, 5.41) is 0. The van der Waals surface area contributed by atoms with Gasteiger partial charge in [-0.25, -0.2) is 4.39 Å². The molecule has 0 heterocycles. The summed E-state index contributed by atoms with van der Waals surface area (Å²) in [5.74, 6) is 0.478. The van der Waals surface area contributed by atoms with Crippen molar-refractivity contribution >= 4 is 0 Å². The molecule has 0 aliphatic carbocycles. The molecule has 1 atom stereocenters. The lowest BCUT2D eigenvalue weighted by Gasteiger charge is -2.29. The molecule has 0 radical (unpaired) electrons. The maximum absolute atomic E-state index is 13.4. The van der Waals surface area contributed by atoms with E-state index in [1.54, 1.807) is 6.07 Å². The first-order valence-electron chi connectivity index (χ1n) is 6.62. The molecule has 0 saturated carbocycles. The van der Waals surface area contributed by atoms with Gasteiger partial charge in [-0.3, -0.25) is 4.90 Å². The average molecular weight is 252 g/mol. The van der Waals surface area contributed by atoms with Crippen LogP contribution in [0.4, 0.5) is 4.39 Å². The van der Waals surface area contributed by atoms with Gasteiger partial charge >= 0.3 is 0 Å². The Balaban J connectivity index is 2.84. The second-order valence-electron chi connectivity index (χ2n) is 5.42. The second-order valence-corrected chi connectivity index (χ2v) is 5.42. The Morgan fingerprint density at radius 3 is 2.56 bits per heavy atom. The summed E-state index contributed by atoms with van der Waals surface area (Å²) in [4.78, 5) is 2.22. The van der Waals surface area contributed by atoms with Crippen molar-refractivity contribution in [3.05, 3.63) is 35.1 Å². The number of halogens is 1. The van der Waals surface area contributed by atoms with Crippen LogP contribution in [0.2, 0.25) is 0 Å². The highest BCUT2D eigenvalue weighted by molar-refractivity contribution is 5.29. The lowest BCUT2D eigenvalue weighted by molar-refractivity contribution is 0.235. The van der Waals surface area contributed by atoms with Gasteiger partial charge in [-0.15, -0.1) is 0 Å². The van der Waals surface area contributed by atoms with E-state index in [-0.39, 0.29) is 11.9 Å². The molecule has 0 spiro atoms. The van der Waals surface area contributed by atoms with Gasteiger partial charge < -0.3 is 5.73 Å². The highest BCUT2D eigenvalue weighted by atomic mass is 19.1. The zero-order valence-corrected chi connectivity index (χ0v) is 11.9. The molecule has 0 fully saturated rings.